The molecule has 2 unspecified atom stereocenters. The molecule has 3 N–H and O–H groups in total. The highest BCUT2D eigenvalue weighted by Crippen LogP contribution is 2.15. The van der Waals surface area contributed by atoms with E-state index in [1.807, 2.05) is 6.92 Å². The SMILES string of the molecule is CCC[C@@H](N)C(=O)NC1CCN(C)CC1C. The zero-order valence-electron chi connectivity index (χ0n) is 10.7. The van der Waals surface area contributed by atoms with Crippen LogP contribution in [0, 0.1) is 5.92 Å². The summed E-state index contributed by atoms with van der Waals surface area (Å²) in [5.41, 5.74) is 5.80. The quantitative estimate of drug-likeness (QED) is 0.738. The molecule has 16 heavy (non-hydrogen) atoms. The molecule has 0 aliphatic carbocycles. The lowest BCUT2D eigenvalue weighted by molar-refractivity contribution is -0.123. The minimum absolute atomic E-state index is 0.0169. The van der Waals surface area contributed by atoms with Crippen molar-refractivity contribution in [1.82, 2.24) is 10.2 Å². The standard InChI is InChI=1S/C12H25N3O/c1-4-5-10(13)12(16)14-11-6-7-15(3)8-9(11)2/h9-11H,4-8,13H2,1-3H3,(H,14,16)/t9?,10-,11?/m1/s1. The molecule has 4 heteroatoms. The Kier molecular flexibility index (Phi) is 5.22. The minimum atomic E-state index is -0.336. The van der Waals surface area contributed by atoms with Gasteiger partial charge in [0.05, 0.1) is 6.04 Å². The Balaban J connectivity index is 2.38. The number of piperidine rings is 1. The summed E-state index contributed by atoms with van der Waals surface area (Å²) in [6.45, 7) is 6.34. The Morgan fingerprint density at radius 3 is 2.88 bits per heavy atom. The average molecular weight is 227 g/mol. The first-order valence-electron chi connectivity index (χ1n) is 6.29. The predicted octanol–water partition coefficient (Wildman–Crippen LogP) is 0.570. The van der Waals surface area contributed by atoms with E-state index in [-0.39, 0.29) is 11.9 Å². The van der Waals surface area contributed by atoms with Gasteiger partial charge in [0.15, 0.2) is 0 Å². The molecule has 0 aromatic carbocycles. The number of rotatable bonds is 4. The topological polar surface area (TPSA) is 58.4 Å². The second-order valence-electron chi connectivity index (χ2n) is 5.04. The number of amides is 1. The van der Waals surface area contributed by atoms with Crippen molar-refractivity contribution >= 4 is 5.91 Å². The van der Waals surface area contributed by atoms with E-state index in [0.717, 1.165) is 32.4 Å². The summed E-state index contributed by atoms with van der Waals surface area (Å²) in [6.07, 6.45) is 2.76. The number of hydrogen-bond donors (Lipinski definition) is 2. The summed E-state index contributed by atoms with van der Waals surface area (Å²) in [4.78, 5) is 14.1. The summed E-state index contributed by atoms with van der Waals surface area (Å²) in [5.74, 6) is 0.528. The van der Waals surface area contributed by atoms with Gasteiger partial charge < -0.3 is 16.0 Å². The van der Waals surface area contributed by atoms with Crippen LogP contribution in [-0.4, -0.2) is 43.0 Å². The average Bonchev–Trinajstić information content (AvgIpc) is 2.22. The van der Waals surface area contributed by atoms with Crippen molar-refractivity contribution in [2.24, 2.45) is 11.7 Å². The van der Waals surface area contributed by atoms with E-state index in [4.69, 9.17) is 5.73 Å². The molecule has 1 amide bonds. The lowest BCUT2D eigenvalue weighted by atomic mass is 9.94. The monoisotopic (exact) mass is 227 g/mol. The van der Waals surface area contributed by atoms with Crippen LogP contribution in [0.25, 0.3) is 0 Å². The molecule has 1 fully saturated rings. The summed E-state index contributed by atoms with van der Waals surface area (Å²) < 4.78 is 0. The van der Waals surface area contributed by atoms with Gasteiger partial charge in [-0.05, 0) is 32.4 Å². The number of nitrogens with two attached hydrogens (primary N) is 1. The van der Waals surface area contributed by atoms with Gasteiger partial charge in [-0.25, -0.2) is 0 Å². The van der Waals surface area contributed by atoms with E-state index >= 15 is 0 Å². The summed E-state index contributed by atoms with van der Waals surface area (Å²) in [5, 5.41) is 3.08. The Hall–Kier alpha value is -0.610. The highest BCUT2D eigenvalue weighted by Gasteiger charge is 2.26. The van der Waals surface area contributed by atoms with E-state index in [1.165, 1.54) is 0 Å². The van der Waals surface area contributed by atoms with E-state index in [0.29, 0.717) is 12.0 Å². The highest BCUT2D eigenvalue weighted by atomic mass is 16.2. The molecule has 4 nitrogen and oxygen atoms in total. The molecule has 1 saturated heterocycles. The van der Waals surface area contributed by atoms with E-state index in [1.54, 1.807) is 0 Å². The van der Waals surface area contributed by atoms with Crippen LogP contribution >= 0.6 is 0 Å². The lowest BCUT2D eigenvalue weighted by Gasteiger charge is -2.35. The van der Waals surface area contributed by atoms with E-state index in [9.17, 15) is 4.79 Å². The number of carbonyl (C=O) groups excluding carboxylic acids is 1. The Labute approximate surface area is 98.6 Å². The molecule has 0 radical (unpaired) electrons. The zero-order valence-corrected chi connectivity index (χ0v) is 10.7. The van der Waals surface area contributed by atoms with Crippen LogP contribution in [0.4, 0.5) is 0 Å². The number of carbonyl (C=O) groups is 1. The molecule has 0 saturated carbocycles. The normalized spacial score (nSPS) is 28.8. The van der Waals surface area contributed by atoms with Crippen LogP contribution in [0.15, 0.2) is 0 Å². The molecule has 3 atom stereocenters. The third-order valence-corrected chi connectivity index (χ3v) is 3.37. The molecule has 0 aromatic rings. The number of nitrogens with zero attached hydrogens (tertiary/aromatic N) is 1. The van der Waals surface area contributed by atoms with Crippen LogP contribution in [0.1, 0.15) is 33.1 Å². The van der Waals surface area contributed by atoms with Gasteiger partial charge in [-0.2, -0.15) is 0 Å². The molecular formula is C12H25N3O. The van der Waals surface area contributed by atoms with E-state index in [2.05, 4.69) is 24.2 Å². The third-order valence-electron chi connectivity index (χ3n) is 3.37. The summed E-state index contributed by atoms with van der Waals surface area (Å²) in [6, 6.07) is -0.0385. The predicted molar refractivity (Wildman–Crippen MR) is 66.1 cm³/mol. The molecule has 94 valence electrons. The Morgan fingerprint density at radius 2 is 2.31 bits per heavy atom. The zero-order chi connectivity index (χ0) is 12.1. The molecule has 1 rings (SSSR count). The maximum Gasteiger partial charge on any atom is 0.237 e. The smallest absolute Gasteiger partial charge is 0.237 e. The van der Waals surface area contributed by atoms with Crippen molar-refractivity contribution in [1.29, 1.82) is 0 Å². The van der Waals surface area contributed by atoms with Gasteiger partial charge >= 0.3 is 0 Å². The third kappa shape index (κ3) is 3.76. The van der Waals surface area contributed by atoms with Gasteiger partial charge in [0.25, 0.3) is 0 Å². The van der Waals surface area contributed by atoms with Crippen molar-refractivity contribution < 1.29 is 4.79 Å². The molecular weight excluding hydrogens is 202 g/mol. The largest absolute Gasteiger partial charge is 0.352 e. The molecule has 0 aromatic heterocycles. The molecule has 1 heterocycles. The maximum atomic E-state index is 11.8. The fourth-order valence-electron chi connectivity index (χ4n) is 2.30. The van der Waals surface area contributed by atoms with Crippen molar-refractivity contribution in [2.75, 3.05) is 20.1 Å². The molecule has 1 aliphatic rings. The Morgan fingerprint density at radius 1 is 1.62 bits per heavy atom. The molecule has 1 aliphatic heterocycles. The Bertz CT molecular complexity index is 232. The van der Waals surface area contributed by atoms with Crippen LogP contribution in [-0.2, 0) is 4.79 Å². The van der Waals surface area contributed by atoms with Gasteiger partial charge in [-0.15, -0.1) is 0 Å². The van der Waals surface area contributed by atoms with Crippen LogP contribution < -0.4 is 11.1 Å². The van der Waals surface area contributed by atoms with Crippen molar-refractivity contribution in [2.45, 2.75) is 45.2 Å². The number of likely N-dealkylation sites (tertiary alicyclic amines) is 1. The van der Waals surface area contributed by atoms with Gasteiger partial charge in [0, 0.05) is 12.6 Å². The lowest BCUT2D eigenvalue weighted by Crippen LogP contribution is -2.52. The number of hydrogen-bond acceptors (Lipinski definition) is 3. The van der Waals surface area contributed by atoms with Crippen LogP contribution in [0.3, 0.4) is 0 Å². The number of nitrogens with one attached hydrogen (secondary N) is 1. The van der Waals surface area contributed by atoms with Gasteiger partial charge in [-0.3, -0.25) is 4.79 Å². The van der Waals surface area contributed by atoms with Gasteiger partial charge in [0.2, 0.25) is 5.91 Å². The van der Waals surface area contributed by atoms with Gasteiger partial charge in [-0.1, -0.05) is 20.3 Å². The van der Waals surface area contributed by atoms with Crippen molar-refractivity contribution in [3.8, 4) is 0 Å². The summed E-state index contributed by atoms with van der Waals surface area (Å²) in [7, 11) is 2.12. The van der Waals surface area contributed by atoms with Crippen LogP contribution in [0.5, 0.6) is 0 Å². The first-order chi connectivity index (χ1) is 7.54. The fourth-order valence-corrected chi connectivity index (χ4v) is 2.30. The van der Waals surface area contributed by atoms with Crippen molar-refractivity contribution in [3.63, 3.8) is 0 Å². The fraction of sp³-hybridized carbons (Fsp3) is 0.917. The highest BCUT2D eigenvalue weighted by molar-refractivity contribution is 5.81. The van der Waals surface area contributed by atoms with Crippen molar-refractivity contribution in [3.05, 3.63) is 0 Å². The molecule has 0 bridgehead atoms. The second kappa shape index (κ2) is 6.21. The first kappa shape index (κ1) is 13.5. The maximum absolute atomic E-state index is 11.8. The van der Waals surface area contributed by atoms with Gasteiger partial charge in [0.1, 0.15) is 0 Å². The van der Waals surface area contributed by atoms with E-state index < -0.39 is 0 Å². The second-order valence-corrected chi connectivity index (χ2v) is 5.04. The minimum Gasteiger partial charge on any atom is -0.352 e. The first-order valence-corrected chi connectivity index (χ1v) is 6.29. The van der Waals surface area contributed by atoms with Crippen LogP contribution in [0.2, 0.25) is 0 Å². The summed E-state index contributed by atoms with van der Waals surface area (Å²) >= 11 is 0. The molecule has 0 spiro atoms.